The molecule has 0 saturated carbocycles. The van der Waals surface area contributed by atoms with Crippen molar-refractivity contribution in [3.8, 4) is 11.5 Å². The molecule has 2 N–H and O–H groups in total. The number of carboxylic acid groups (broad SMARTS) is 1. The van der Waals surface area contributed by atoms with E-state index in [4.69, 9.17) is 9.84 Å². The Bertz CT molecular complexity index is 1090. The molecule has 34 heavy (non-hydrogen) atoms. The minimum atomic E-state index is -0.919. The van der Waals surface area contributed by atoms with Crippen LogP contribution in [0.2, 0.25) is 0 Å². The summed E-state index contributed by atoms with van der Waals surface area (Å²) in [6.45, 7) is 2.02. The van der Waals surface area contributed by atoms with Gasteiger partial charge in [0.1, 0.15) is 11.5 Å². The smallest absolute Gasteiger partial charge is 0.335 e. The molecule has 0 aromatic heterocycles. The van der Waals surface area contributed by atoms with E-state index in [0.717, 1.165) is 43.1 Å². The zero-order valence-corrected chi connectivity index (χ0v) is 19.2. The van der Waals surface area contributed by atoms with Crippen LogP contribution in [0.15, 0.2) is 78.9 Å². The van der Waals surface area contributed by atoms with Gasteiger partial charge in [-0.2, -0.15) is 0 Å². The SMILES string of the molecule is CN(c1ccc(C(=O)O)cc1)C1CCN(CC(=O)Nc2ccc(Oc3ccccc3)cc2)CC1. The molecule has 1 aliphatic heterocycles. The van der Waals surface area contributed by atoms with Crippen molar-refractivity contribution in [2.45, 2.75) is 18.9 Å². The number of anilines is 2. The lowest BCUT2D eigenvalue weighted by Gasteiger charge is -2.37. The molecular weight excluding hydrogens is 430 g/mol. The van der Waals surface area contributed by atoms with E-state index in [9.17, 15) is 9.59 Å². The first-order valence-electron chi connectivity index (χ1n) is 11.4. The van der Waals surface area contributed by atoms with Crippen molar-refractivity contribution >= 4 is 23.3 Å². The average Bonchev–Trinajstić information content (AvgIpc) is 2.86. The van der Waals surface area contributed by atoms with Gasteiger partial charge in [0.2, 0.25) is 5.91 Å². The quantitative estimate of drug-likeness (QED) is 0.507. The minimum absolute atomic E-state index is 0.0345. The van der Waals surface area contributed by atoms with Crippen LogP contribution in [0.25, 0.3) is 0 Å². The maximum Gasteiger partial charge on any atom is 0.335 e. The second-order valence-electron chi connectivity index (χ2n) is 8.46. The van der Waals surface area contributed by atoms with Crippen molar-refractivity contribution in [3.05, 3.63) is 84.4 Å². The maximum absolute atomic E-state index is 12.5. The van der Waals surface area contributed by atoms with Crippen molar-refractivity contribution in [3.63, 3.8) is 0 Å². The highest BCUT2D eigenvalue weighted by Crippen LogP contribution is 2.24. The summed E-state index contributed by atoms with van der Waals surface area (Å²) in [5.74, 6) is 0.531. The molecule has 0 atom stereocenters. The monoisotopic (exact) mass is 459 g/mol. The van der Waals surface area contributed by atoms with Gasteiger partial charge >= 0.3 is 5.97 Å². The van der Waals surface area contributed by atoms with Gasteiger partial charge in [-0.15, -0.1) is 0 Å². The van der Waals surface area contributed by atoms with E-state index >= 15 is 0 Å². The number of carboxylic acids is 1. The number of rotatable bonds is 8. The number of amides is 1. The number of aromatic carboxylic acids is 1. The van der Waals surface area contributed by atoms with Gasteiger partial charge in [-0.05, 0) is 73.5 Å². The zero-order valence-electron chi connectivity index (χ0n) is 19.2. The van der Waals surface area contributed by atoms with Crippen molar-refractivity contribution in [2.24, 2.45) is 0 Å². The van der Waals surface area contributed by atoms with Crippen LogP contribution < -0.4 is 15.0 Å². The summed E-state index contributed by atoms with van der Waals surface area (Å²) in [6, 6.07) is 24.2. The number of hydrogen-bond acceptors (Lipinski definition) is 5. The third kappa shape index (κ3) is 6.14. The Labute approximate surface area is 199 Å². The first-order chi connectivity index (χ1) is 16.5. The van der Waals surface area contributed by atoms with Gasteiger partial charge in [0, 0.05) is 37.6 Å². The van der Waals surface area contributed by atoms with E-state index in [1.165, 1.54) is 0 Å². The Morgan fingerprint density at radius 2 is 1.56 bits per heavy atom. The fourth-order valence-electron chi connectivity index (χ4n) is 4.15. The highest BCUT2D eigenvalue weighted by Gasteiger charge is 2.24. The molecule has 176 valence electrons. The number of nitrogens with one attached hydrogen (secondary N) is 1. The van der Waals surface area contributed by atoms with Crippen LogP contribution in [0.3, 0.4) is 0 Å². The topological polar surface area (TPSA) is 82.1 Å². The third-order valence-electron chi connectivity index (χ3n) is 6.11. The van der Waals surface area contributed by atoms with Crippen LogP contribution in [0.4, 0.5) is 11.4 Å². The van der Waals surface area contributed by atoms with Gasteiger partial charge in [0.15, 0.2) is 0 Å². The van der Waals surface area contributed by atoms with Crippen molar-refractivity contribution in [1.29, 1.82) is 0 Å². The molecule has 7 nitrogen and oxygen atoms in total. The molecule has 3 aromatic carbocycles. The molecule has 0 aliphatic carbocycles. The van der Waals surface area contributed by atoms with Crippen molar-refractivity contribution < 1.29 is 19.4 Å². The van der Waals surface area contributed by atoms with Gasteiger partial charge in [0.05, 0.1) is 12.1 Å². The van der Waals surface area contributed by atoms with E-state index in [-0.39, 0.29) is 11.5 Å². The highest BCUT2D eigenvalue weighted by molar-refractivity contribution is 5.92. The normalized spacial score (nSPS) is 14.4. The molecule has 0 spiro atoms. The lowest BCUT2D eigenvalue weighted by atomic mass is 10.0. The summed E-state index contributed by atoms with van der Waals surface area (Å²) in [7, 11) is 2.04. The molecule has 0 unspecified atom stereocenters. The number of likely N-dealkylation sites (tertiary alicyclic amines) is 1. The van der Waals surface area contributed by atoms with Crippen LogP contribution in [0.5, 0.6) is 11.5 Å². The number of nitrogens with zero attached hydrogens (tertiary/aromatic N) is 2. The van der Waals surface area contributed by atoms with Gasteiger partial charge in [-0.3, -0.25) is 9.69 Å². The van der Waals surface area contributed by atoms with Crippen molar-refractivity contribution in [2.75, 3.05) is 36.9 Å². The predicted molar refractivity (Wildman–Crippen MR) is 133 cm³/mol. The molecular formula is C27H29N3O4. The fourth-order valence-corrected chi connectivity index (χ4v) is 4.15. The second-order valence-corrected chi connectivity index (χ2v) is 8.46. The summed E-state index contributed by atoms with van der Waals surface area (Å²) < 4.78 is 5.79. The number of piperidine rings is 1. The van der Waals surface area contributed by atoms with Gasteiger partial charge in [0.25, 0.3) is 0 Å². The molecule has 1 saturated heterocycles. The zero-order chi connectivity index (χ0) is 23.9. The number of ether oxygens (including phenoxy) is 1. The average molecular weight is 460 g/mol. The van der Waals surface area contributed by atoms with E-state index in [1.807, 2.05) is 73.8 Å². The van der Waals surface area contributed by atoms with Gasteiger partial charge in [-0.25, -0.2) is 4.79 Å². The van der Waals surface area contributed by atoms with E-state index in [1.54, 1.807) is 12.1 Å². The summed E-state index contributed by atoms with van der Waals surface area (Å²) >= 11 is 0. The lowest BCUT2D eigenvalue weighted by Crippen LogP contribution is -2.45. The molecule has 1 amide bonds. The van der Waals surface area contributed by atoms with Gasteiger partial charge in [-0.1, -0.05) is 18.2 Å². The summed E-state index contributed by atoms with van der Waals surface area (Å²) in [6.07, 6.45) is 1.88. The Morgan fingerprint density at radius 1 is 0.941 bits per heavy atom. The second kappa shape index (κ2) is 10.9. The number of para-hydroxylation sites is 1. The van der Waals surface area contributed by atoms with E-state index in [0.29, 0.717) is 18.3 Å². The summed E-state index contributed by atoms with van der Waals surface area (Å²) in [5.41, 5.74) is 2.03. The Balaban J connectivity index is 1.22. The molecule has 3 aromatic rings. The number of hydrogen-bond donors (Lipinski definition) is 2. The highest BCUT2D eigenvalue weighted by atomic mass is 16.5. The number of benzene rings is 3. The molecule has 0 radical (unpaired) electrons. The largest absolute Gasteiger partial charge is 0.478 e. The number of carbonyl (C=O) groups excluding carboxylic acids is 1. The Hall–Kier alpha value is -3.84. The van der Waals surface area contributed by atoms with E-state index < -0.39 is 5.97 Å². The predicted octanol–water partition coefficient (Wildman–Crippen LogP) is 4.72. The van der Waals surface area contributed by atoms with Crippen LogP contribution in [-0.4, -0.2) is 54.6 Å². The lowest BCUT2D eigenvalue weighted by molar-refractivity contribution is -0.117. The van der Waals surface area contributed by atoms with Gasteiger partial charge < -0.3 is 20.1 Å². The molecule has 0 bridgehead atoms. The van der Waals surface area contributed by atoms with E-state index in [2.05, 4.69) is 15.1 Å². The van der Waals surface area contributed by atoms with Crippen molar-refractivity contribution in [1.82, 2.24) is 4.90 Å². The molecule has 4 rings (SSSR count). The van der Waals surface area contributed by atoms with Crippen LogP contribution in [0, 0.1) is 0 Å². The first kappa shape index (κ1) is 23.3. The Morgan fingerprint density at radius 3 is 2.18 bits per heavy atom. The summed E-state index contributed by atoms with van der Waals surface area (Å²) in [5, 5.41) is 12.0. The molecule has 1 heterocycles. The molecule has 1 aliphatic rings. The minimum Gasteiger partial charge on any atom is -0.478 e. The summed E-state index contributed by atoms with van der Waals surface area (Å²) in [4.78, 5) is 27.9. The fraction of sp³-hybridized carbons (Fsp3) is 0.259. The molecule has 7 heteroatoms. The first-order valence-corrected chi connectivity index (χ1v) is 11.4. The third-order valence-corrected chi connectivity index (χ3v) is 6.11. The van der Waals surface area contributed by atoms with Crippen LogP contribution in [-0.2, 0) is 4.79 Å². The maximum atomic E-state index is 12.5. The standard InChI is InChI=1S/C27H29N3O4/c1-29(22-11-7-20(8-12-22)27(32)33)23-15-17-30(18-16-23)19-26(31)28-21-9-13-25(14-10-21)34-24-5-3-2-4-6-24/h2-14,23H,15-19H2,1H3,(H,28,31)(H,32,33). The Kier molecular flexibility index (Phi) is 7.44. The number of carbonyl (C=O) groups is 2. The van der Waals surface area contributed by atoms with Crippen LogP contribution >= 0.6 is 0 Å². The van der Waals surface area contributed by atoms with Crippen LogP contribution in [0.1, 0.15) is 23.2 Å². The molecule has 1 fully saturated rings.